The summed E-state index contributed by atoms with van der Waals surface area (Å²) in [6.07, 6.45) is 0.636. The van der Waals surface area contributed by atoms with Gasteiger partial charge in [-0.1, -0.05) is 91.0 Å². The topological polar surface area (TPSA) is 139 Å². The Balaban J connectivity index is 0.000000173. The first kappa shape index (κ1) is 27.4. The molecule has 0 saturated carbocycles. The summed E-state index contributed by atoms with van der Waals surface area (Å²) in [7, 11) is 0. The quantitative estimate of drug-likeness (QED) is 0.198. The number of nitrogens with one attached hydrogen (secondary N) is 1. The molecule has 0 radical (unpaired) electrons. The molecule has 4 aromatic carbocycles. The molecule has 0 spiro atoms. The number of carboxylic acids is 1. The summed E-state index contributed by atoms with van der Waals surface area (Å²) in [5, 5.41) is 9.37. The highest BCUT2D eigenvalue weighted by Crippen LogP contribution is 2.13. The van der Waals surface area contributed by atoms with Gasteiger partial charge in [-0.3, -0.25) is 9.59 Å². The lowest BCUT2D eigenvalue weighted by atomic mass is 10.0. The van der Waals surface area contributed by atoms with Gasteiger partial charge in [0.25, 0.3) is 5.56 Å². The number of benzene rings is 4. The number of aromatic nitrogens is 1. The first-order valence-electron chi connectivity index (χ1n) is 11.9. The van der Waals surface area contributed by atoms with Gasteiger partial charge in [0.05, 0.1) is 11.4 Å². The number of nitrogens with two attached hydrogens (primary N) is 2. The highest BCUT2D eigenvalue weighted by Gasteiger charge is 2.11. The van der Waals surface area contributed by atoms with Gasteiger partial charge in [0.2, 0.25) is 5.78 Å². The zero-order valence-electron chi connectivity index (χ0n) is 20.7. The van der Waals surface area contributed by atoms with Crippen LogP contribution in [0.1, 0.15) is 16.7 Å². The second-order valence-corrected chi connectivity index (χ2v) is 8.39. The summed E-state index contributed by atoms with van der Waals surface area (Å²) >= 11 is 0. The normalized spacial score (nSPS) is 9.89. The Morgan fingerprint density at radius 3 is 1.74 bits per heavy atom. The minimum Gasteiger partial charge on any atom is -0.475 e. The molecule has 5 aromatic rings. The number of hydrogen-bond donors (Lipinski definition) is 4. The van der Waals surface area contributed by atoms with Crippen molar-refractivity contribution >= 4 is 34.0 Å². The molecule has 0 unspecified atom stereocenters. The number of aromatic amines is 1. The first-order chi connectivity index (χ1) is 18.3. The smallest absolute Gasteiger partial charge is 0.372 e. The molecule has 5 rings (SSSR count). The van der Waals surface area contributed by atoms with Gasteiger partial charge < -0.3 is 21.6 Å². The molecule has 0 fully saturated rings. The van der Waals surface area contributed by atoms with Crippen molar-refractivity contribution in [3.63, 3.8) is 0 Å². The van der Waals surface area contributed by atoms with Gasteiger partial charge in [-0.05, 0) is 40.8 Å². The fraction of sp³-hybridized carbons (Fsp3) is 0.0645. The number of carboxylic acid groups (broad SMARTS) is 1. The van der Waals surface area contributed by atoms with Crippen LogP contribution in [-0.2, 0) is 22.4 Å². The van der Waals surface area contributed by atoms with E-state index in [1.165, 1.54) is 0 Å². The third-order valence-corrected chi connectivity index (χ3v) is 5.51. The summed E-state index contributed by atoms with van der Waals surface area (Å²) in [4.78, 5) is 35.8. The summed E-state index contributed by atoms with van der Waals surface area (Å²) in [6.45, 7) is 0. The molecule has 1 heterocycles. The van der Waals surface area contributed by atoms with Crippen LogP contribution in [0.4, 0.5) is 11.4 Å². The number of aliphatic carboxylic acids is 1. The number of Topliss-reactive ketones (excluding diaryl/α,β-unsaturated/α-hetero) is 1. The number of H-pyrrole nitrogens is 1. The molecule has 7 heteroatoms. The van der Waals surface area contributed by atoms with E-state index in [-0.39, 0.29) is 12.0 Å². The van der Waals surface area contributed by atoms with Gasteiger partial charge >= 0.3 is 5.97 Å². The second-order valence-electron chi connectivity index (χ2n) is 8.39. The predicted octanol–water partition coefficient (Wildman–Crippen LogP) is 4.85. The maximum atomic E-state index is 12.0. The molecular formula is C31H29N3O4. The Morgan fingerprint density at radius 2 is 1.18 bits per heavy atom. The van der Waals surface area contributed by atoms with Crippen LogP contribution < -0.4 is 17.0 Å². The first-order valence-corrected chi connectivity index (χ1v) is 11.9. The van der Waals surface area contributed by atoms with Gasteiger partial charge in [0.15, 0.2) is 0 Å². The third kappa shape index (κ3) is 8.49. The molecule has 1 aromatic heterocycles. The Hall–Kier alpha value is -5.17. The Bertz CT molecular complexity index is 1530. The molecule has 38 heavy (non-hydrogen) atoms. The number of carbonyl (C=O) groups is 2. The molecule has 0 aliphatic carbocycles. The summed E-state index contributed by atoms with van der Waals surface area (Å²) < 4.78 is 0. The summed E-state index contributed by atoms with van der Waals surface area (Å²) in [5.41, 5.74) is 15.7. The van der Waals surface area contributed by atoms with Crippen molar-refractivity contribution in [1.82, 2.24) is 4.98 Å². The van der Waals surface area contributed by atoms with Crippen molar-refractivity contribution in [1.29, 1.82) is 0 Å². The largest absolute Gasteiger partial charge is 0.475 e. The number of fused-ring (bicyclic) bond motifs is 1. The van der Waals surface area contributed by atoms with Crippen LogP contribution in [0.25, 0.3) is 10.9 Å². The molecule has 0 aliphatic heterocycles. The number of hydrogen-bond acceptors (Lipinski definition) is 5. The van der Waals surface area contributed by atoms with E-state index < -0.39 is 11.8 Å². The molecule has 0 amide bonds. The zero-order chi connectivity index (χ0) is 27.3. The van der Waals surface area contributed by atoms with Crippen LogP contribution in [0.2, 0.25) is 0 Å². The average molecular weight is 508 g/mol. The van der Waals surface area contributed by atoms with E-state index in [4.69, 9.17) is 16.6 Å². The minimum atomic E-state index is -1.38. The molecule has 0 bridgehead atoms. The minimum absolute atomic E-state index is 0.00227. The van der Waals surface area contributed by atoms with Crippen molar-refractivity contribution in [3.8, 4) is 0 Å². The number of carbonyl (C=O) groups excluding carboxylic acids is 1. The predicted molar refractivity (Wildman–Crippen MR) is 152 cm³/mol. The van der Waals surface area contributed by atoms with Crippen LogP contribution in [0.3, 0.4) is 0 Å². The van der Waals surface area contributed by atoms with Crippen molar-refractivity contribution in [2.75, 3.05) is 11.5 Å². The number of para-hydroxylation sites is 3. The van der Waals surface area contributed by atoms with E-state index in [0.29, 0.717) is 17.8 Å². The Kier molecular flexibility index (Phi) is 9.95. The number of ketones is 1. The maximum Gasteiger partial charge on any atom is 0.372 e. The van der Waals surface area contributed by atoms with Gasteiger partial charge in [-0.2, -0.15) is 0 Å². The molecule has 0 saturated heterocycles. The van der Waals surface area contributed by atoms with Crippen LogP contribution in [0, 0.1) is 0 Å². The Labute approximate surface area is 220 Å². The number of nitrogen functional groups attached to an aromatic ring is 2. The van der Waals surface area contributed by atoms with Crippen LogP contribution in [0.5, 0.6) is 0 Å². The van der Waals surface area contributed by atoms with E-state index >= 15 is 0 Å². The van der Waals surface area contributed by atoms with Gasteiger partial charge in [-0.15, -0.1) is 0 Å². The van der Waals surface area contributed by atoms with Crippen LogP contribution in [-0.4, -0.2) is 21.8 Å². The monoisotopic (exact) mass is 507 g/mol. The van der Waals surface area contributed by atoms with E-state index in [2.05, 4.69) is 4.98 Å². The van der Waals surface area contributed by atoms with Gasteiger partial charge in [0, 0.05) is 23.9 Å². The van der Waals surface area contributed by atoms with Crippen molar-refractivity contribution in [2.45, 2.75) is 12.8 Å². The van der Waals surface area contributed by atoms with Crippen molar-refractivity contribution in [3.05, 3.63) is 142 Å². The second kappa shape index (κ2) is 13.8. The molecule has 6 N–H and O–H groups in total. The van der Waals surface area contributed by atoms with E-state index in [9.17, 15) is 14.4 Å². The molecule has 192 valence electrons. The molecule has 7 nitrogen and oxygen atoms in total. The standard InChI is InChI=1S/C16H13NO.C9H8O3.C6H8N2/c18-16-14(10-12-6-2-1-3-7-12)11-13-8-4-5-9-15(13)17-16;10-8(9(11)12)6-7-4-2-1-3-5-7;7-5-3-1-2-4-6(5)8/h1-9,11H,10H2,(H,17,18);1-5H,6H2,(H,11,12);1-4H,7-8H2. The summed E-state index contributed by atoms with van der Waals surface area (Å²) in [6, 6.07) is 35.9. The molecule has 0 aliphatic rings. The SMILES string of the molecule is Nc1ccccc1N.O=C(O)C(=O)Cc1ccccc1.O=c1[nH]c2ccccc2cc1Cc1ccccc1. The highest BCUT2D eigenvalue weighted by molar-refractivity contribution is 6.33. The van der Waals surface area contributed by atoms with Crippen molar-refractivity contribution in [2.24, 2.45) is 0 Å². The fourth-order valence-electron chi connectivity index (χ4n) is 3.51. The third-order valence-electron chi connectivity index (χ3n) is 5.51. The fourth-order valence-corrected chi connectivity index (χ4v) is 3.51. The zero-order valence-corrected chi connectivity index (χ0v) is 20.7. The van der Waals surface area contributed by atoms with Gasteiger partial charge in [0.1, 0.15) is 0 Å². The number of anilines is 2. The van der Waals surface area contributed by atoms with E-state index in [0.717, 1.165) is 27.6 Å². The van der Waals surface area contributed by atoms with Crippen LogP contribution in [0.15, 0.2) is 120 Å². The lowest BCUT2D eigenvalue weighted by molar-refractivity contribution is -0.148. The average Bonchev–Trinajstić information content (AvgIpc) is 2.93. The van der Waals surface area contributed by atoms with Crippen molar-refractivity contribution < 1.29 is 14.7 Å². The number of pyridine rings is 1. The lowest BCUT2D eigenvalue weighted by Gasteiger charge is -2.03. The Morgan fingerprint density at radius 1 is 0.684 bits per heavy atom. The van der Waals surface area contributed by atoms with Gasteiger partial charge in [-0.25, -0.2) is 4.79 Å². The lowest BCUT2D eigenvalue weighted by Crippen LogP contribution is -2.14. The highest BCUT2D eigenvalue weighted by atomic mass is 16.4. The maximum absolute atomic E-state index is 12.0. The molecule has 0 atom stereocenters. The van der Waals surface area contributed by atoms with Crippen LogP contribution >= 0.6 is 0 Å². The summed E-state index contributed by atoms with van der Waals surface area (Å²) in [5.74, 6) is -2.15. The van der Waals surface area contributed by atoms with E-state index in [1.54, 1.807) is 36.4 Å². The molecular weight excluding hydrogens is 478 g/mol. The van der Waals surface area contributed by atoms with E-state index in [1.807, 2.05) is 78.9 Å². The number of rotatable bonds is 5.